The zero-order valence-corrected chi connectivity index (χ0v) is 17.7. The van der Waals surface area contributed by atoms with E-state index in [1.165, 1.54) is 0 Å². The first kappa shape index (κ1) is 20.8. The molecule has 0 saturated carbocycles. The summed E-state index contributed by atoms with van der Waals surface area (Å²) in [6.45, 7) is 3.98. The van der Waals surface area contributed by atoms with Gasteiger partial charge >= 0.3 is 0 Å². The molecule has 1 saturated heterocycles. The predicted octanol–water partition coefficient (Wildman–Crippen LogP) is 4.50. The molecule has 1 aliphatic rings. The summed E-state index contributed by atoms with van der Waals surface area (Å²) in [5.74, 6) is 0.176. The number of nitrogens with zero attached hydrogens (tertiary/aromatic N) is 3. The lowest BCUT2D eigenvalue weighted by Crippen LogP contribution is -2.49. The largest absolute Gasteiger partial charge is 0.350 e. The Bertz CT molecular complexity index is 1010. The molecule has 2 aromatic carbocycles. The Hall–Kier alpha value is -3.41. The van der Waals surface area contributed by atoms with Crippen LogP contribution < -0.4 is 0 Å². The summed E-state index contributed by atoms with van der Waals surface area (Å²) in [4.78, 5) is 29.7. The monoisotopic (exact) mass is 417 g/mol. The molecular formula is C25H27N3O3. The van der Waals surface area contributed by atoms with Crippen LogP contribution >= 0.6 is 0 Å². The summed E-state index contributed by atoms with van der Waals surface area (Å²) in [5.41, 5.74) is 2.28. The van der Waals surface area contributed by atoms with Gasteiger partial charge in [0.15, 0.2) is 0 Å². The van der Waals surface area contributed by atoms with Gasteiger partial charge in [0.1, 0.15) is 5.69 Å². The number of hydrogen-bond acceptors (Lipinski definition) is 4. The second-order valence-corrected chi connectivity index (χ2v) is 7.83. The van der Waals surface area contributed by atoms with Crippen LogP contribution in [-0.4, -0.2) is 52.4 Å². The Morgan fingerprint density at radius 1 is 1.03 bits per heavy atom. The molecule has 1 aromatic heterocycles. The van der Waals surface area contributed by atoms with Gasteiger partial charge in [0.25, 0.3) is 11.8 Å². The van der Waals surface area contributed by atoms with E-state index in [2.05, 4.69) is 12.1 Å². The third-order valence-corrected chi connectivity index (χ3v) is 5.73. The van der Waals surface area contributed by atoms with Crippen LogP contribution in [0.15, 0.2) is 71.3 Å². The van der Waals surface area contributed by atoms with Gasteiger partial charge in [0.05, 0.1) is 0 Å². The van der Waals surface area contributed by atoms with Gasteiger partial charge in [0.2, 0.25) is 5.76 Å². The summed E-state index contributed by atoms with van der Waals surface area (Å²) in [6.07, 6.45) is 2.36. The topological polar surface area (TPSA) is 66.7 Å². The van der Waals surface area contributed by atoms with Crippen molar-refractivity contribution in [3.63, 3.8) is 0 Å². The maximum absolute atomic E-state index is 13.2. The van der Waals surface area contributed by atoms with E-state index < -0.39 is 0 Å². The molecular weight excluding hydrogens is 390 g/mol. The number of carbonyl (C=O) groups is 2. The van der Waals surface area contributed by atoms with Gasteiger partial charge in [-0.05, 0) is 31.4 Å². The van der Waals surface area contributed by atoms with Gasteiger partial charge in [0, 0.05) is 42.9 Å². The van der Waals surface area contributed by atoms with Crippen LogP contribution in [0.4, 0.5) is 0 Å². The average Bonchev–Trinajstić information content (AvgIpc) is 3.33. The quantitative estimate of drug-likeness (QED) is 0.592. The molecule has 0 unspecified atom stereocenters. The maximum Gasteiger partial charge on any atom is 0.292 e. The number of amides is 2. The second kappa shape index (κ2) is 9.60. The molecule has 4 rings (SSSR count). The van der Waals surface area contributed by atoms with Crippen molar-refractivity contribution in [3.05, 3.63) is 78.1 Å². The van der Waals surface area contributed by atoms with Crippen molar-refractivity contribution in [1.29, 1.82) is 0 Å². The van der Waals surface area contributed by atoms with Crippen LogP contribution in [0.3, 0.4) is 0 Å². The number of hydrogen-bond donors (Lipinski definition) is 0. The molecule has 0 aliphatic carbocycles. The average molecular weight is 418 g/mol. The van der Waals surface area contributed by atoms with Crippen molar-refractivity contribution >= 4 is 11.8 Å². The zero-order chi connectivity index (χ0) is 21.6. The third kappa shape index (κ3) is 4.68. The van der Waals surface area contributed by atoms with Crippen molar-refractivity contribution in [1.82, 2.24) is 15.0 Å². The van der Waals surface area contributed by atoms with Crippen LogP contribution in [0.2, 0.25) is 0 Å². The first-order valence-electron chi connectivity index (χ1n) is 10.8. The SMILES string of the molecule is CCCN(C(=O)c1cc(-c2ccccc2)no1)C1CCN(C(=O)c2ccccc2)CC1. The van der Waals surface area contributed by atoms with Gasteiger partial charge < -0.3 is 14.3 Å². The molecule has 3 aromatic rings. The summed E-state index contributed by atoms with van der Waals surface area (Å²) in [6, 6.07) is 20.8. The molecule has 6 nitrogen and oxygen atoms in total. The maximum atomic E-state index is 13.2. The van der Waals surface area contributed by atoms with Crippen LogP contribution in [-0.2, 0) is 0 Å². The minimum Gasteiger partial charge on any atom is -0.350 e. The second-order valence-electron chi connectivity index (χ2n) is 7.83. The van der Waals surface area contributed by atoms with E-state index in [9.17, 15) is 9.59 Å². The van der Waals surface area contributed by atoms with E-state index in [1.54, 1.807) is 6.07 Å². The third-order valence-electron chi connectivity index (χ3n) is 5.73. The molecule has 0 N–H and O–H groups in total. The number of piperidine rings is 1. The molecule has 6 heteroatoms. The van der Waals surface area contributed by atoms with Crippen molar-refractivity contribution < 1.29 is 14.1 Å². The lowest BCUT2D eigenvalue weighted by Gasteiger charge is -2.38. The number of likely N-dealkylation sites (tertiary alicyclic amines) is 1. The molecule has 160 valence electrons. The highest BCUT2D eigenvalue weighted by Crippen LogP contribution is 2.23. The van der Waals surface area contributed by atoms with Gasteiger partial charge in [-0.1, -0.05) is 60.6 Å². The van der Waals surface area contributed by atoms with E-state index in [0.29, 0.717) is 30.9 Å². The fourth-order valence-electron chi connectivity index (χ4n) is 4.10. The van der Waals surface area contributed by atoms with E-state index in [4.69, 9.17) is 4.52 Å². The molecule has 0 atom stereocenters. The molecule has 0 spiro atoms. The molecule has 0 radical (unpaired) electrons. The van der Waals surface area contributed by atoms with Crippen LogP contribution in [0.5, 0.6) is 0 Å². The summed E-state index contributed by atoms with van der Waals surface area (Å²) in [7, 11) is 0. The summed E-state index contributed by atoms with van der Waals surface area (Å²) >= 11 is 0. The Balaban J connectivity index is 1.43. The first-order valence-corrected chi connectivity index (χ1v) is 10.8. The molecule has 0 bridgehead atoms. The highest BCUT2D eigenvalue weighted by Gasteiger charge is 2.31. The van der Waals surface area contributed by atoms with Gasteiger partial charge in [-0.25, -0.2) is 0 Å². The number of aromatic nitrogens is 1. The van der Waals surface area contributed by atoms with Gasteiger partial charge in [-0.3, -0.25) is 9.59 Å². The fourth-order valence-corrected chi connectivity index (χ4v) is 4.10. The van der Waals surface area contributed by atoms with Crippen molar-refractivity contribution in [3.8, 4) is 11.3 Å². The van der Waals surface area contributed by atoms with E-state index >= 15 is 0 Å². The smallest absolute Gasteiger partial charge is 0.292 e. The standard InChI is InChI=1S/C25H27N3O3/c1-2-15-28(25(30)23-18-22(26-31-23)19-9-5-3-6-10-19)21-13-16-27(17-14-21)24(29)20-11-7-4-8-12-20/h3-12,18,21H,2,13-17H2,1H3. The van der Waals surface area contributed by atoms with Crippen molar-refractivity contribution in [2.45, 2.75) is 32.2 Å². The fraction of sp³-hybridized carbons (Fsp3) is 0.320. The predicted molar refractivity (Wildman–Crippen MR) is 119 cm³/mol. The summed E-state index contributed by atoms with van der Waals surface area (Å²) in [5, 5.41) is 4.09. The highest BCUT2D eigenvalue weighted by molar-refractivity contribution is 5.94. The molecule has 2 amide bonds. The van der Waals surface area contributed by atoms with Crippen LogP contribution in [0, 0.1) is 0 Å². The number of carbonyl (C=O) groups excluding carboxylic acids is 2. The molecule has 1 aliphatic heterocycles. The van der Waals surface area contributed by atoms with Crippen molar-refractivity contribution in [2.75, 3.05) is 19.6 Å². The number of rotatable bonds is 6. The van der Waals surface area contributed by atoms with Gasteiger partial charge in [-0.2, -0.15) is 0 Å². The first-order chi connectivity index (χ1) is 15.2. The molecule has 2 heterocycles. The Morgan fingerprint density at radius 2 is 1.68 bits per heavy atom. The minimum atomic E-state index is -0.135. The molecule has 1 fully saturated rings. The Kier molecular flexibility index (Phi) is 6.46. The number of benzene rings is 2. The molecule has 31 heavy (non-hydrogen) atoms. The normalized spacial score (nSPS) is 14.4. The zero-order valence-electron chi connectivity index (χ0n) is 17.7. The van der Waals surface area contributed by atoms with Crippen LogP contribution in [0.25, 0.3) is 11.3 Å². The van der Waals surface area contributed by atoms with Gasteiger partial charge in [-0.15, -0.1) is 0 Å². The van der Waals surface area contributed by atoms with E-state index in [0.717, 1.165) is 24.8 Å². The van der Waals surface area contributed by atoms with Crippen LogP contribution in [0.1, 0.15) is 47.1 Å². The van der Waals surface area contributed by atoms with E-state index in [1.807, 2.05) is 70.5 Å². The lowest BCUT2D eigenvalue weighted by molar-refractivity contribution is 0.0492. The summed E-state index contributed by atoms with van der Waals surface area (Å²) < 4.78 is 5.41. The lowest BCUT2D eigenvalue weighted by atomic mass is 10.0. The van der Waals surface area contributed by atoms with Crippen molar-refractivity contribution in [2.24, 2.45) is 0 Å². The Morgan fingerprint density at radius 3 is 2.32 bits per heavy atom. The highest BCUT2D eigenvalue weighted by atomic mass is 16.5. The van der Waals surface area contributed by atoms with E-state index in [-0.39, 0.29) is 23.6 Å². The minimum absolute atomic E-state index is 0.0511. The Labute approximate surface area is 182 Å².